The first-order valence-corrected chi connectivity index (χ1v) is 11.7. The maximum atomic E-state index is 13.2. The number of benzene rings is 2. The van der Waals surface area contributed by atoms with E-state index in [2.05, 4.69) is 21.4 Å². The van der Waals surface area contributed by atoms with E-state index in [-0.39, 0.29) is 11.9 Å². The van der Waals surface area contributed by atoms with Crippen LogP contribution in [0.5, 0.6) is 10.9 Å². The van der Waals surface area contributed by atoms with Crippen molar-refractivity contribution in [1.29, 1.82) is 5.26 Å². The van der Waals surface area contributed by atoms with E-state index in [0.29, 0.717) is 22.1 Å². The molecular weight excluding hydrogens is 444 g/mol. The minimum absolute atomic E-state index is 0.232. The molecular formula is C27H24N4O2S. The first-order chi connectivity index (χ1) is 16.3. The number of thiazole rings is 1. The van der Waals surface area contributed by atoms with Gasteiger partial charge in [-0.1, -0.05) is 29.5 Å². The van der Waals surface area contributed by atoms with Crippen molar-refractivity contribution in [2.45, 2.75) is 33.7 Å². The van der Waals surface area contributed by atoms with Crippen molar-refractivity contribution in [3.63, 3.8) is 0 Å². The molecule has 0 bridgehead atoms. The quantitative estimate of drug-likeness (QED) is 0.359. The van der Waals surface area contributed by atoms with Crippen LogP contribution < -0.4 is 10.1 Å². The molecule has 6 nitrogen and oxygen atoms in total. The number of aryl methyl sites for hydroxylation is 3. The van der Waals surface area contributed by atoms with Crippen LogP contribution in [0.25, 0.3) is 11.1 Å². The van der Waals surface area contributed by atoms with Gasteiger partial charge in [-0.15, -0.1) is 0 Å². The average Bonchev–Trinajstić information content (AvgIpc) is 3.23. The highest BCUT2D eigenvalue weighted by molar-refractivity contribution is 7.11. The summed E-state index contributed by atoms with van der Waals surface area (Å²) < 4.78 is 5.99. The maximum Gasteiger partial charge on any atom is 0.278 e. The van der Waals surface area contributed by atoms with E-state index in [0.717, 1.165) is 33.6 Å². The first-order valence-electron chi connectivity index (χ1n) is 10.8. The Morgan fingerprint density at radius 2 is 1.91 bits per heavy atom. The lowest BCUT2D eigenvalue weighted by atomic mass is 9.96. The van der Waals surface area contributed by atoms with Gasteiger partial charge in [0.15, 0.2) is 0 Å². The van der Waals surface area contributed by atoms with Crippen molar-refractivity contribution in [3.05, 3.63) is 93.7 Å². The number of pyridine rings is 1. The number of rotatable bonds is 6. The van der Waals surface area contributed by atoms with Gasteiger partial charge in [0.1, 0.15) is 5.75 Å². The number of carbonyl (C=O) groups excluding carboxylic acids is 1. The summed E-state index contributed by atoms with van der Waals surface area (Å²) in [7, 11) is 0. The van der Waals surface area contributed by atoms with Gasteiger partial charge >= 0.3 is 0 Å². The second-order valence-corrected chi connectivity index (χ2v) is 9.01. The lowest BCUT2D eigenvalue weighted by Gasteiger charge is -2.16. The fourth-order valence-corrected chi connectivity index (χ4v) is 4.19. The van der Waals surface area contributed by atoms with Crippen LogP contribution in [-0.2, 0) is 0 Å². The molecule has 0 aliphatic carbocycles. The number of ether oxygens (including phenoxy) is 1. The largest absolute Gasteiger partial charge is 0.431 e. The SMILES string of the molecule is Cc1ccc(-c2cc(Oc3nc(C)cs3)cc(C(=O)N[C@H](C)c3ccc(C)nc3)c2)c(C#N)c1. The normalized spacial score (nSPS) is 11.5. The van der Waals surface area contributed by atoms with Crippen LogP contribution in [0.3, 0.4) is 0 Å². The molecule has 0 radical (unpaired) electrons. The van der Waals surface area contributed by atoms with Crippen molar-refractivity contribution in [2.24, 2.45) is 0 Å². The van der Waals surface area contributed by atoms with Gasteiger partial charge in [0.05, 0.1) is 23.4 Å². The predicted molar refractivity (Wildman–Crippen MR) is 133 cm³/mol. The maximum absolute atomic E-state index is 13.2. The van der Waals surface area contributed by atoms with Gasteiger partial charge in [-0.25, -0.2) is 4.98 Å². The highest BCUT2D eigenvalue weighted by Crippen LogP contribution is 2.33. The minimum atomic E-state index is -0.249. The van der Waals surface area contributed by atoms with E-state index in [1.165, 1.54) is 11.3 Å². The van der Waals surface area contributed by atoms with Crippen LogP contribution >= 0.6 is 11.3 Å². The third-order valence-electron chi connectivity index (χ3n) is 5.36. The van der Waals surface area contributed by atoms with E-state index < -0.39 is 0 Å². The fraction of sp³-hybridized carbons (Fsp3) is 0.185. The smallest absolute Gasteiger partial charge is 0.278 e. The van der Waals surface area contributed by atoms with Gasteiger partial charge in [0, 0.05) is 22.8 Å². The van der Waals surface area contributed by atoms with Crippen molar-refractivity contribution < 1.29 is 9.53 Å². The summed E-state index contributed by atoms with van der Waals surface area (Å²) in [6, 6.07) is 16.9. The zero-order valence-corrected chi connectivity index (χ0v) is 20.2. The third kappa shape index (κ3) is 5.30. The molecule has 34 heavy (non-hydrogen) atoms. The molecule has 0 saturated carbocycles. The van der Waals surface area contributed by atoms with Gasteiger partial charge in [-0.2, -0.15) is 5.26 Å². The van der Waals surface area contributed by atoms with E-state index in [1.54, 1.807) is 18.3 Å². The van der Waals surface area contributed by atoms with Gasteiger partial charge in [0.25, 0.3) is 11.1 Å². The molecule has 2 aromatic carbocycles. The van der Waals surface area contributed by atoms with E-state index in [4.69, 9.17) is 4.74 Å². The summed E-state index contributed by atoms with van der Waals surface area (Å²) in [5.74, 6) is 0.229. The van der Waals surface area contributed by atoms with Crippen LogP contribution in [0.2, 0.25) is 0 Å². The lowest BCUT2D eigenvalue weighted by Crippen LogP contribution is -2.26. The fourth-order valence-electron chi connectivity index (χ4n) is 3.53. The van der Waals surface area contributed by atoms with Crippen molar-refractivity contribution in [2.75, 3.05) is 0 Å². The summed E-state index contributed by atoms with van der Waals surface area (Å²) in [5, 5.41) is 15.1. The minimum Gasteiger partial charge on any atom is -0.431 e. The van der Waals surface area contributed by atoms with Crippen LogP contribution in [0.1, 0.15) is 51.4 Å². The molecule has 0 unspecified atom stereocenters. The highest BCUT2D eigenvalue weighted by atomic mass is 32.1. The highest BCUT2D eigenvalue weighted by Gasteiger charge is 2.17. The number of carbonyl (C=O) groups is 1. The van der Waals surface area contributed by atoms with Gasteiger partial charge in [0.2, 0.25) is 0 Å². The zero-order chi connectivity index (χ0) is 24.2. The van der Waals surface area contributed by atoms with Gasteiger partial charge in [-0.05, 0) is 80.3 Å². The number of nitrogens with zero attached hydrogens (tertiary/aromatic N) is 3. The standard InChI is InChI=1S/C27H24N4O2S/c1-16-5-8-25(23(9-16)13-28)21-10-22(12-24(11-21)33-27-30-18(3)15-34-27)26(32)31-19(4)20-7-6-17(2)29-14-20/h5-12,14-15,19H,1-4H3,(H,31,32)/t19-/m1/s1. The predicted octanol–water partition coefficient (Wildman–Crippen LogP) is 6.29. The van der Waals surface area contributed by atoms with Crippen molar-refractivity contribution >= 4 is 17.2 Å². The molecule has 4 aromatic rings. The third-order valence-corrected chi connectivity index (χ3v) is 6.20. The summed E-state index contributed by atoms with van der Waals surface area (Å²) in [6.45, 7) is 7.67. The number of amides is 1. The van der Waals surface area contributed by atoms with Gasteiger partial charge < -0.3 is 10.1 Å². The summed E-state index contributed by atoms with van der Waals surface area (Å²) >= 11 is 1.39. The van der Waals surface area contributed by atoms with Crippen molar-refractivity contribution in [1.82, 2.24) is 15.3 Å². The van der Waals surface area contributed by atoms with E-state index >= 15 is 0 Å². The van der Waals surface area contributed by atoms with Crippen LogP contribution in [0.4, 0.5) is 0 Å². The molecule has 1 atom stereocenters. The molecule has 2 aromatic heterocycles. The monoisotopic (exact) mass is 468 g/mol. The zero-order valence-electron chi connectivity index (χ0n) is 19.4. The number of aromatic nitrogens is 2. The van der Waals surface area contributed by atoms with Crippen LogP contribution in [0.15, 0.2) is 60.1 Å². The molecule has 0 aliphatic rings. The number of hydrogen-bond donors (Lipinski definition) is 1. The Morgan fingerprint density at radius 1 is 1.09 bits per heavy atom. The average molecular weight is 469 g/mol. The summed E-state index contributed by atoms with van der Waals surface area (Å²) in [6.07, 6.45) is 1.77. The van der Waals surface area contributed by atoms with Crippen LogP contribution in [0, 0.1) is 32.1 Å². The molecule has 0 saturated heterocycles. The topological polar surface area (TPSA) is 87.9 Å². The van der Waals surface area contributed by atoms with E-state index in [9.17, 15) is 10.1 Å². The van der Waals surface area contributed by atoms with Crippen molar-refractivity contribution in [3.8, 4) is 28.1 Å². The van der Waals surface area contributed by atoms with E-state index in [1.807, 2.05) is 69.5 Å². The molecule has 0 fully saturated rings. The summed E-state index contributed by atoms with van der Waals surface area (Å²) in [5.41, 5.74) is 6.10. The van der Waals surface area contributed by atoms with Crippen LogP contribution in [-0.4, -0.2) is 15.9 Å². The first kappa shape index (κ1) is 23.1. The molecule has 0 spiro atoms. The molecule has 7 heteroatoms. The number of hydrogen-bond acceptors (Lipinski definition) is 6. The molecule has 2 heterocycles. The van der Waals surface area contributed by atoms with Gasteiger partial charge in [-0.3, -0.25) is 9.78 Å². The Balaban J connectivity index is 1.71. The number of nitrogens with one attached hydrogen (secondary N) is 1. The number of nitriles is 1. The molecule has 1 amide bonds. The second-order valence-electron chi connectivity index (χ2n) is 8.19. The summed E-state index contributed by atoms with van der Waals surface area (Å²) in [4.78, 5) is 21.9. The Hall–Kier alpha value is -4.02. The molecule has 170 valence electrons. The Morgan fingerprint density at radius 3 is 2.59 bits per heavy atom. The Kier molecular flexibility index (Phi) is 6.71. The Labute approximate surface area is 202 Å². The second kappa shape index (κ2) is 9.86. The molecule has 1 N–H and O–H groups in total. The molecule has 0 aliphatic heterocycles. The lowest BCUT2D eigenvalue weighted by molar-refractivity contribution is 0.0939. The Bertz CT molecular complexity index is 1390. The molecule has 4 rings (SSSR count).